The molecule has 3 amide bonds. The number of methoxy groups -OCH3 is 1. The molecular weight excluding hydrogens is 372 g/mol. The Kier molecular flexibility index (Phi) is 6.33. The van der Waals surface area contributed by atoms with E-state index in [-0.39, 0.29) is 5.91 Å². The highest BCUT2D eigenvalue weighted by Gasteiger charge is 2.22. The Labute approximate surface area is 169 Å². The summed E-state index contributed by atoms with van der Waals surface area (Å²) in [6.07, 6.45) is 0.949. The van der Waals surface area contributed by atoms with Crippen molar-refractivity contribution in [1.82, 2.24) is 5.01 Å². The van der Waals surface area contributed by atoms with Crippen molar-refractivity contribution in [1.29, 1.82) is 0 Å². The van der Waals surface area contributed by atoms with E-state index in [0.29, 0.717) is 43.2 Å². The molecule has 0 bridgehead atoms. The average Bonchev–Trinajstić information content (AvgIpc) is 2.71. The van der Waals surface area contributed by atoms with Crippen LogP contribution in [0.2, 0.25) is 0 Å². The lowest BCUT2D eigenvalue weighted by Crippen LogP contribution is -2.31. The van der Waals surface area contributed by atoms with Gasteiger partial charge in [0.15, 0.2) is 11.5 Å². The van der Waals surface area contributed by atoms with Gasteiger partial charge in [-0.1, -0.05) is 12.1 Å². The van der Waals surface area contributed by atoms with Crippen molar-refractivity contribution >= 4 is 23.3 Å². The number of hydrogen-bond acceptors (Lipinski definition) is 5. The summed E-state index contributed by atoms with van der Waals surface area (Å²) in [5.41, 5.74) is 8.31. The normalized spacial score (nSPS) is 13.7. The van der Waals surface area contributed by atoms with E-state index in [2.05, 4.69) is 10.4 Å². The first-order valence-electron chi connectivity index (χ1n) is 9.34. The highest BCUT2D eigenvalue weighted by Crippen LogP contribution is 2.29. The molecule has 0 fully saturated rings. The molecule has 3 N–H and O–H groups in total. The summed E-state index contributed by atoms with van der Waals surface area (Å²) >= 11 is 0. The van der Waals surface area contributed by atoms with Crippen LogP contribution in [0.3, 0.4) is 0 Å². The predicted octanol–water partition coefficient (Wildman–Crippen LogP) is 3.11. The summed E-state index contributed by atoms with van der Waals surface area (Å²) in [5, 5.41) is 8.55. The number of nitrogens with zero attached hydrogens (tertiary/aromatic N) is 2. The average molecular weight is 396 g/mol. The topological polar surface area (TPSA) is 106 Å². The first kappa shape index (κ1) is 20.2. The Morgan fingerprint density at radius 3 is 2.59 bits per heavy atom. The third-order valence-electron chi connectivity index (χ3n) is 4.46. The quantitative estimate of drug-likeness (QED) is 0.750. The summed E-state index contributed by atoms with van der Waals surface area (Å²) < 4.78 is 11.0. The molecule has 0 aromatic heterocycles. The standard InChI is InChI=1S/C21H24N4O4/c1-3-29-19-12-15(6-10-18(19)28-2)17-9-11-20(26)25(24-17)13-14-4-7-16(8-5-14)23-21(22)27/h4-8,10,12H,3,9,11,13H2,1-2H3,(H3,22,23,27). The molecular formula is C21H24N4O4. The molecule has 0 aliphatic carbocycles. The van der Waals surface area contributed by atoms with Crippen LogP contribution in [0, 0.1) is 0 Å². The fourth-order valence-corrected chi connectivity index (χ4v) is 3.06. The van der Waals surface area contributed by atoms with Gasteiger partial charge in [0, 0.05) is 24.1 Å². The van der Waals surface area contributed by atoms with Crippen LogP contribution in [-0.2, 0) is 11.3 Å². The number of rotatable bonds is 7. The van der Waals surface area contributed by atoms with Crippen molar-refractivity contribution in [3.05, 3.63) is 53.6 Å². The van der Waals surface area contributed by atoms with Crippen LogP contribution in [0.25, 0.3) is 0 Å². The fourth-order valence-electron chi connectivity index (χ4n) is 3.06. The van der Waals surface area contributed by atoms with E-state index in [1.54, 1.807) is 19.2 Å². The molecule has 3 rings (SSSR count). The summed E-state index contributed by atoms with van der Waals surface area (Å²) in [7, 11) is 1.60. The molecule has 0 radical (unpaired) electrons. The van der Waals surface area contributed by atoms with Gasteiger partial charge in [-0.3, -0.25) is 4.79 Å². The maximum atomic E-state index is 12.4. The Balaban J connectivity index is 1.80. The number of hydrazone groups is 1. The van der Waals surface area contributed by atoms with Gasteiger partial charge in [0.05, 0.1) is 26.0 Å². The van der Waals surface area contributed by atoms with Gasteiger partial charge in [0.2, 0.25) is 5.91 Å². The number of ether oxygens (including phenoxy) is 2. The number of carbonyl (C=O) groups is 2. The zero-order valence-corrected chi connectivity index (χ0v) is 16.5. The molecule has 1 aliphatic heterocycles. The number of benzene rings is 2. The van der Waals surface area contributed by atoms with E-state index in [1.807, 2.05) is 37.3 Å². The largest absolute Gasteiger partial charge is 0.493 e. The van der Waals surface area contributed by atoms with Crippen molar-refractivity contribution < 1.29 is 19.1 Å². The molecule has 8 nitrogen and oxygen atoms in total. The van der Waals surface area contributed by atoms with Crippen LogP contribution < -0.4 is 20.5 Å². The van der Waals surface area contributed by atoms with Gasteiger partial charge in [-0.05, 0) is 42.8 Å². The molecule has 1 aliphatic rings. The van der Waals surface area contributed by atoms with Gasteiger partial charge >= 0.3 is 6.03 Å². The number of urea groups is 1. The Morgan fingerprint density at radius 2 is 1.93 bits per heavy atom. The molecule has 2 aromatic rings. The second kappa shape index (κ2) is 9.09. The maximum absolute atomic E-state index is 12.4. The zero-order chi connectivity index (χ0) is 20.8. The van der Waals surface area contributed by atoms with E-state index in [9.17, 15) is 9.59 Å². The van der Waals surface area contributed by atoms with Gasteiger partial charge in [0.1, 0.15) is 0 Å². The van der Waals surface area contributed by atoms with Gasteiger partial charge < -0.3 is 20.5 Å². The molecule has 2 aromatic carbocycles. The second-order valence-corrected chi connectivity index (χ2v) is 6.48. The Hall–Kier alpha value is -3.55. The molecule has 1 heterocycles. The summed E-state index contributed by atoms with van der Waals surface area (Å²) in [6, 6.07) is 12.1. The molecule has 0 saturated carbocycles. The number of anilines is 1. The number of amides is 3. The van der Waals surface area contributed by atoms with E-state index < -0.39 is 6.03 Å². The van der Waals surface area contributed by atoms with Crippen molar-refractivity contribution in [2.75, 3.05) is 19.0 Å². The number of hydrogen-bond donors (Lipinski definition) is 2. The highest BCUT2D eigenvalue weighted by atomic mass is 16.5. The molecule has 0 saturated heterocycles. The summed E-state index contributed by atoms with van der Waals surface area (Å²) in [4.78, 5) is 23.3. The third-order valence-corrected chi connectivity index (χ3v) is 4.46. The van der Waals surface area contributed by atoms with Gasteiger partial charge in [-0.25, -0.2) is 9.80 Å². The summed E-state index contributed by atoms with van der Waals surface area (Å²) in [5.74, 6) is 1.27. The number of carbonyl (C=O) groups excluding carboxylic acids is 2. The Bertz CT molecular complexity index is 925. The zero-order valence-electron chi connectivity index (χ0n) is 16.5. The SMILES string of the molecule is CCOc1cc(C2=NN(Cc3ccc(NC(N)=O)cc3)C(=O)CC2)ccc1OC. The van der Waals surface area contributed by atoms with Crippen molar-refractivity contribution in [3.63, 3.8) is 0 Å². The minimum absolute atomic E-state index is 0.0355. The summed E-state index contributed by atoms with van der Waals surface area (Å²) in [6.45, 7) is 2.78. The number of nitrogens with one attached hydrogen (secondary N) is 1. The van der Waals surface area contributed by atoms with Gasteiger partial charge in [-0.15, -0.1) is 0 Å². The monoisotopic (exact) mass is 396 g/mol. The minimum atomic E-state index is -0.621. The first-order valence-corrected chi connectivity index (χ1v) is 9.34. The maximum Gasteiger partial charge on any atom is 0.316 e. The van der Waals surface area contributed by atoms with Crippen LogP contribution in [0.15, 0.2) is 47.6 Å². The molecule has 0 unspecified atom stereocenters. The van der Waals surface area contributed by atoms with Crippen molar-refractivity contribution in [2.24, 2.45) is 10.8 Å². The molecule has 152 valence electrons. The van der Waals surface area contributed by atoms with Crippen LogP contribution in [0.1, 0.15) is 30.9 Å². The lowest BCUT2D eigenvalue weighted by Gasteiger charge is -2.24. The minimum Gasteiger partial charge on any atom is -0.493 e. The Morgan fingerprint density at radius 1 is 1.17 bits per heavy atom. The van der Waals surface area contributed by atoms with E-state index in [4.69, 9.17) is 15.2 Å². The molecule has 29 heavy (non-hydrogen) atoms. The van der Waals surface area contributed by atoms with Crippen LogP contribution >= 0.6 is 0 Å². The lowest BCUT2D eigenvalue weighted by atomic mass is 10.0. The van der Waals surface area contributed by atoms with E-state index >= 15 is 0 Å². The van der Waals surface area contributed by atoms with Crippen molar-refractivity contribution in [2.45, 2.75) is 26.3 Å². The molecule has 8 heteroatoms. The smallest absolute Gasteiger partial charge is 0.316 e. The van der Waals surface area contributed by atoms with Crippen LogP contribution in [0.4, 0.5) is 10.5 Å². The molecule has 0 atom stereocenters. The van der Waals surface area contributed by atoms with Crippen molar-refractivity contribution in [3.8, 4) is 11.5 Å². The first-order chi connectivity index (χ1) is 14.0. The number of primary amides is 1. The van der Waals surface area contributed by atoms with E-state index in [1.165, 1.54) is 5.01 Å². The molecule has 0 spiro atoms. The highest BCUT2D eigenvalue weighted by molar-refractivity contribution is 6.04. The lowest BCUT2D eigenvalue weighted by molar-refractivity contribution is -0.132. The van der Waals surface area contributed by atoms with Gasteiger partial charge in [-0.2, -0.15) is 5.10 Å². The van der Waals surface area contributed by atoms with Gasteiger partial charge in [0.25, 0.3) is 0 Å². The second-order valence-electron chi connectivity index (χ2n) is 6.48. The fraction of sp³-hybridized carbons (Fsp3) is 0.286. The third kappa shape index (κ3) is 5.04. The number of nitrogens with two attached hydrogens (primary N) is 1. The predicted molar refractivity (Wildman–Crippen MR) is 110 cm³/mol. The van der Waals surface area contributed by atoms with E-state index in [0.717, 1.165) is 16.8 Å². The van der Waals surface area contributed by atoms with Crippen LogP contribution in [0.5, 0.6) is 11.5 Å². The van der Waals surface area contributed by atoms with Crippen LogP contribution in [-0.4, -0.2) is 36.4 Å².